The van der Waals surface area contributed by atoms with Gasteiger partial charge in [-0.2, -0.15) is 0 Å². The maximum atomic E-state index is 11.5. The Kier molecular flexibility index (Phi) is 6.84. The Morgan fingerprint density at radius 3 is 2.48 bits per heavy atom. The number of ether oxygens (including phenoxy) is 1. The van der Waals surface area contributed by atoms with E-state index in [1.165, 1.54) is 5.56 Å². The van der Waals surface area contributed by atoms with Gasteiger partial charge in [-0.3, -0.25) is 4.90 Å². The Labute approximate surface area is 190 Å². The SMILES string of the molecule is O=C(O)c1cccnc1N1CCN(Cc2ccc(OCc3cccc(Br)c3)cc2)CC1. The van der Waals surface area contributed by atoms with Crippen LogP contribution in [0.1, 0.15) is 21.5 Å². The van der Waals surface area contributed by atoms with Gasteiger partial charge in [-0.15, -0.1) is 0 Å². The zero-order valence-corrected chi connectivity index (χ0v) is 18.7. The van der Waals surface area contributed by atoms with E-state index in [0.29, 0.717) is 12.4 Å². The highest BCUT2D eigenvalue weighted by molar-refractivity contribution is 9.10. The predicted molar refractivity (Wildman–Crippen MR) is 124 cm³/mol. The lowest BCUT2D eigenvalue weighted by atomic mass is 10.1. The number of hydrogen-bond acceptors (Lipinski definition) is 5. The topological polar surface area (TPSA) is 65.9 Å². The number of aromatic carboxylic acids is 1. The molecule has 0 amide bonds. The summed E-state index contributed by atoms with van der Waals surface area (Å²) in [6.07, 6.45) is 1.65. The van der Waals surface area contributed by atoms with Crippen LogP contribution in [0.5, 0.6) is 5.75 Å². The lowest BCUT2D eigenvalue weighted by molar-refractivity contribution is 0.0697. The number of pyridine rings is 1. The quantitative estimate of drug-likeness (QED) is 0.537. The molecule has 1 aliphatic rings. The molecule has 0 aliphatic carbocycles. The number of aromatic nitrogens is 1. The minimum absolute atomic E-state index is 0.259. The van der Waals surface area contributed by atoms with Gasteiger partial charge in [0.2, 0.25) is 0 Å². The van der Waals surface area contributed by atoms with Crippen LogP contribution in [-0.2, 0) is 13.2 Å². The smallest absolute Gasteiger partial charge is 0.339 e. The van der Waals surface area contributed by atoms with Crippen LogP contribution in [0.25, 0.3) is 0 Å². The van der Waals surface area contributed by atoms with Gasteiger partial charge in [0.15, 0.2) is 0 Å². The average molecular weight is 482 g/mol. The second-order valence-corrected chi connectivity index (χ2v) is 8.42. The molecule has 0 atom stereocenters. The average Bonchev–Trinajstić information content (AvgIpc) is 2.79. The number of benzene rings is 2. The van der Waals surface area contributed by atoms with Gasteiger partial charge in [0.05, 0.1) is 0 Å². The number of halogens is 1. The van der Waals surface area contributed by atoms with Crippen molar-refractivity contribution < 1.29 is 14.6 Å². The number of rotatable bonds is 7. The first kappa shape index (κ1) is 21.3. The molecule has 4 rings (SSSR count). The fourth-order valence-electron chi connectivity index (χ4n) is 3.68. The molecular weight excluding hydrogens is 458 g/mol. The van der Waals surface area contributed by atoms with Crippen LogP contribution < -0.4 is 9.64 Å². The largest absolute Gasteiger partial charge is 0.489 e. The van der Waals surface area contributed by atoms with Crippen LogP contribution in [0.4, 0.5) is 5.82 Å². The molecule has 0 spiro atoms. The van der Waals surface area contributed by atoms with Crippen LogP contribution in [0.3, 0.4) is 0 Å². The molecule has 2 heterocycles. The Morgan fingerprint density at radius 2 is 1.77 bits per heavy atom. The summed E-state index contributed by atoms with van der Waals surface area (Å²) in [6.45, 7) is 4.62. The third-order valence-electron chi connectivity index (χ3n) is 5.31. The summed E-state index contributed by atoms with van der Waals surface area (Å²) in [6, 6.07) is 19.6. The molecule has 0 radical (unpaired) electrons. The summed E-state index contributed by atoms with van der Waals surface area (Å²) >= 11 is 3.48. The van der Waals surface area contributed by atoms with Crippen molar-refractivity contribution in [2.75, 3.05) is 31.1 Å². The Hall–Kier alpha value is -2.90. The normalized spacial score (nSPS) is 14.4. The van der Waals surface area contributed by atoms with E-state index in [-0.39, 0.29) is 5.56 Å². The molecule has 1 aromatic heterocycles. The molecule has 0 bridgehead atoms. The summed E-state index contributed by atoms with van der Waals surface area (Å²) < 4.78 is 6.94. The first-order chi connectivity index (χ1) is 15.1. The predicted octanol–water partition coefficient (Wildman–Crippen LogP) is 4.44. The molecule has 3 aromatic rings. The van der Waals surface area contributed by atoms with Gasteiger partial charge in [0, 0.05) is 43.4 Å². The van der Waals surface area contributed by atoms with Gasteiger partial charge in [0.25, 0.3) is 0 Å². The van der Waals surface area contributed by atoms with Gasteiger partial charge in [-0.05, 0) is 47.5 Å². The van der Waals surface area contributed by atoms with Crippen LogP contribution in [-0.4, -0.2) is 47.1 Å². The number of hydrogen-bond donors (Lipinski definition) is 1. The fraction of sp³-hybridized carbons (Fsp3) is 0.250. The van der Waals surface area contributed by atoms with E-state index in [1.807, 2.05) is 30.3 Å². The minimum atomic E-state index is -0.937. The lowest BCUT2D eigenvalue weighted by Crippen LogP contribution is -2.46. The van der Waals surface area contributed by atoms with Crippen molar-refractivity contribution in [3.8, 4) is 5.75 Å². The lowest BCUT2D eigenvalue weighted by Gasteiger charge is -2.35. The van der Waals surface area contributed by atoms with Gasteiger partial charge in [-0.1, -0.05) is 40.2 Å². The van der Waals surface area contributed by atoms with Gasteiger partial charge in [-0.25, -0.2) is 9.78 Å². The third kappa shape index (κ3) is 5.62. The standard InChI is InChI=1S/C24H24BrN3O3/c25-20-4-1-3-19(15-20)17-31-21-8-6-18(7-9-21)16-27-11-13-28(14-12-27)23-22(24(29)30)5-2-10-26-23/h1-10,15H,11-14,16-17H2,(H,29,30). The maximum Gasteiger partial charge on any atom is 0.339 e. The highest BCUT2D eigenvalue weighted by Crippen LogP contribution is 2.21. The summed E-state index contributed by atoms with van der Waals surface area (Å²) in [5.74, 6) is 0.472. The van der Waals surface area contributed by atoms with Crippen LogP contribution >= 0.6 is 15.9 Å². The van der Waals surface area contributed by atoms with Crippen molar-refractivity contribution in [2.45, 2.75) is 13.2 Å². The summed E-state index contributed by atoms with van der Waals surface area (Å²) in [5.41, 5.74) is 2.61. The highest BCUT2D eigenvalue weighted by Gasteiger charge is 2.22. The second-order valence-electron chi connectivity index (χ2n) is 7.51. The van der Waals surface area contributed by atoms with Crippen LogP contribution in [0.15, 0.2) is 71.3 Å². The van der Waals surface area contributed by atoms with E-state index in [4.69, 9.17) is 4.74 Å². The second kappa shape index (κ2) is 9.94. The van der Waals surface area contributed by atoms with Crippen LogP contribution in [0, 0.1) is 0 Å². The number of carboxylic acids is 1. The molecule has 1 fully saturated rings. The number of carbonyl (C=O) groups is 1. The molecule has 0 unspecified atom stereocenters. The monoisotopic (exact) mass is 481 g/mol. The molecule has 7 heteroatoms. The Bertz CT molecular complexity index is 1030. The Morgan fingerprint density at radius 1 is 1.00 bits per heavy atom. The third-order valence-corrected chi connectivity index (χ3v) is 5.81. The Balaban J connectivity index is 1.28. The zero-order chi connectivity index (χ0) is 21.6. The maximum absolute atomic E-state index is 11.5. The first-order valence-electron chi connectivity index (χ1n) is 10.2. The molecule has 6 nitrogen and oxygen atoms in total. The van der Waals surface area contributed by atoms with Crippen molar-refractivity contribution in [1.29, 1.82) is 0 Å². The first-order valence-corrected chi connectivity index (χ1v) is 11.0. The number of nitrogens with zero attached hydrogens (tertiary/aromatic N) is 3. The van der Waals surface area contributed by atoms with Gasteiger partial charge >= 0.3 is 5.97 Å². The van der Waals surface area contributed by atoms with E-state index < -0.39 is 5.97 Å². The number of anilines is 1. The summed E-state index contributed by atoms with van der Waals surface area (Å²) in [4.78, 5) is 20.2. The minimum Gasteiger partial charge on any atom is -0.489 e. The molecule has 0 saturated carbocycles. The number of carboxylic acid groups (broad SMARTS) is 1. The van der Waals surface area contributed by atoms with E-state index in [9.17, 15) is 9.90 Å². The molecule has 2 aromatic carbocycles. The number of piperazine rings is 1. The van der Waals surface area contributed by atoms with Crippen LogP contribution in [0.2, 0.25) is 0 Å². The molecule has 1 N–H and O–H groups in total. The van der Waals surface area contributed by atoms with E-state index in [2.05, 4.69) is 48.9 Å². The van der Waals surface area contributed by atoms with Gasteiger partial charge < -0.3 is 14.7 Å². The zero-order valence-electron chi connectivity index (χ0n) is 17.1. The van der Waals surface area contributed by atoms with Crippen molar-refractivity contribution in [1.82, 2.24) is 9.88 Å². The van der Waals surface area contributed by atoms with Crippen molar-refractivity contribution >= 4 is 27.7 Å². The highest BCUT2D eigenvalue weighted by atomic mass is 79.9. The fourth-order valence-corrected chi connectivity index (χ4v) is 4.12. The van der Waals surface area contributed by atoms with E-state index in [0.717, 1.165) is 48.5 Å². The van der Waals surface area contributed by atoms with Crippen molar-refractivity contribution in [3.63, 3.8) is 0 Å². The molecule has 160 valence electrons. The molecule has 1 saturated heterocycles. The summed E-state index contributed by atoms with van der Waals surface area (Å²) in [5, 5.41) is 9.39. The van der Waals surface area contributed by atoms with E-state index in [1.54, 1.807) is 18.3 Å². The van der Waals surface area contributed by atoms with Crippen molar-refractivity contribution in [2.24, 2.45) is 0 Å². The van der Waals surface area contributed by atoms with Crippen molar-refractivity contribution in [3.05, 3.63) is 88.0 Å². The van der Waals surface area contributed by atoms with E-state index >= 15 is 0 Å². The molecule has 1 aliphatic heterocycles. The molecule has 31 heavy (non-hydrogen) atoms. The van der Waals surface area contributed by atoms with Gasteiger partial charge in [0.1, 0.15) is 23.7 Å². The molecular formula is C24H24BrN3O3. The summed E-state index contributed by atoms with van der Waals surface area (Å²) in [7, 11) is 0.